The van der Waals surface area contributed by atoms with Crippen molar-refractivity contribution in [2.75, 3.05) is 66.1 Å². The lowest BCUT2D eigenvalue weighted by Crippen LogP contribution is -2.70. The molecule has 0 spiro atoms. The predicted molar refractivity (Wildman–Crippen MR) is 223 cm³/mol. The lowest BCUT2D eigenvalue weighted by molar-refractivity contribution is -0.256. The first-order valence-corrected chi connectivity index (χ1v) is 21.4. The minimum Gasteiger partial charge on any atom is -0.492 e. The van der Waals surface area contributed by atoms with Gasteiger partial charge >= 0.3 is 6.09 Å². The lowest BCUT2D eigenvalue weighted by Gasteiger charge is -2.59. The van der Waals surface area contributed by atoms with Gasteiger partial charge in [-0.05, 0) is 92.3 Å². The van der Waals surface area contributed by atoms with Crippen molar-refractivity contribution in [2.45, 2.75) is 82.6 Å². The van der Waals surface area contributed by atoms with Gasteiger partial charge in [0, 0.05) is 57.3 Å². The Kier molecular flexibility index (Phi) is 14.5. The molecule has 3 aliphatic heterocycles. The average Bonchev–Trinajstić information content (AvgIpc) is 3.96. The molecule has 1 amide bonds. The van der Waals surface area contributed by atoms with Gasteiger partial charge in [0.15, 0.2) is 11.5 Å². The maximum absolute atomic E-state index is 14.6. The fraction of sp³-hybridized carbons (Fsp3) is 0.565. The number of aliphatic hydroxyl groups is 2. The molecule has 13 nitrogen and oxygen atoms in total. The zero-order valence-corrected chi connectivity index (χ0v) is 34.4. The van der Waals surface area contributed by atoms with Crippen LogP contribution in [0.2, 0.25) is 0 Å². The number of fused-ring (bicyclic) bond motifs is 3. The van der Waals surface area contributed by atoms with Gasteiger partial charge in [0.05, 0.1) is 24.8 Å². The molecule has 0 radical (unpaired) electrons. The van der Waals surface area contributed by atoms with Crippen LogP contribution >= 0.6 is 0 Å². The summed E-state index contributed by atoms with van der Waals surface area (Å²) in [6, 6.07) is 11.0. The average molecular weight is 816 g/mol. The SMILES string of the molecule is C=CCCOC(=O)N(Cc1ccc2c(c1)OCO2)C1CC(=NOCC)C2=CC(CCCCO)C(CCCCO)C3c4cc(OCCN5CC5)ccc4OC1(OCC=C)C23. The second-order valence-electron chi connectivity index (χ2n) is 15.9. The molecule has 0 bridgehead atoms. The third-order valence-electron chi connectivity index (χ3n) is 12.1. The number of allylic oxidation sites excluding steroid dienone is 1. The van der Waals surface area contributed by atoms with Crippen molar-refractivity contribution in [3.05, 3.63) is 84.5 Å². The Bertz CT molecular complexity index is 1830. The molecule has 2 aromatic rings. The topological polar surface area (TPSA) is 141 Å². The number of nitrogens with zero attached hydrogens (tertiary/aromatic N) is 3. The first-order valence-electron chi connectivity index (χ1n) is 21.4. The number of oxime groups is 1. The van der Waals surface area contributed by atoms with Crippen molar-refractivity contribution in [1.29, 1.82) is 0 Å². The Morgan fingerprint density at radius 3 is 2.56 bits per heavy atom. The summed E-state index contributed by atoms with van der Waals surface area (Å²) in [4.78, 5) is 24.5. The number of ether oxygens (including phenoxy) is 6. The van der Waals surface area contributed by atoms with E-state index in [0.29, 0.717) is 49.7 Å². The highest BCUT2D eigenvalue weighted by molar-refractivity contribution is 6.03. The van der Waals surface area contributed by atoms with Crippen molar-refractivity contribution >= 4 is 11.8 Å². The second-order valence-corrected chi connectivity index (χ2v) is 15.9. The third kappa shape index (κ3) is 9.59. The number of rotatable bonds is 23. The molecule has 5 aliphatic rings. The van der Waals surface area contributed by atoms with Crippen molar-refractivity contribution < 1.29 is 48.3 Å². The fourth-order valence-electron chi connectivity index (χ4n) is 9.32. The van der Waals surface area contributed by atoms with Crippen molar-refractivity contribution in [1.82, 2.24) is 9.80 Å². The van der Waals surface area contributed by atoms with Crippen LogP contribution in [0.3, 0.4) is 0 Å². The van der Waals surface area contributed by atoms with E-state index in [2.05, 4.69) is 30.2 Å². The molecule has 2 aromatic carbocycles. The zero-order valence-electron chi connectivity index (χ0n) is 34.4. The number of hydrogen-bond donors (Lipinski definition) is 2. The quantitative estimate of drug-likeness (QED) is 0.0520. The Labute approximate surface area is 348 Å². The van der Waals surface area contributed by atoms with E-state index >= 15 is 0 Å². The van der Waals surface area contributed by atoms with Gasteiger partial charge in [0.1, 0.15) is 30.8 Å². The molecule has 13 heteroatoms. The minimum atomic E-state index is -1.43. The standard InChI is InChI=1S/C46H61N3O10/c1-4-7-24-54-45(52)49(30-32-14-16-40-41(26-32)56-31-55-40)42-29-38(47-58-6-3)36-27-33(12-8-10-21-50)35(13-9-11-22-51)43-37-28-34(53-25-20-48-18-19-48)15-17-39(37)59-46(42,44(36)43)57-23-5-2/h4-5,14-17,26-28,33,35,42-44,50-51H,1-2,6-13,18-25,29-31H2,3H3. The third-order valence-corrected chi connectivity index (χ3v) is 12.1. The van der Waals surface area contributed by atoms with E-state index in [1.165, 1.54) is 0 Å². The van der Waals surface area contributed by atoms with Crippen LogP contribution in [0.5, 0.6) is 23.0 Å². The first-order chi connectivity index (χ1) is 28.9. The molecule has 2 N–H and O–H groups in total. The van der Waals surface area contributed by atoms with Crippen LogP contribution in [0.15, 0.2) is 78.5 Å². The van der Waals surface area contributed by atoms with E-state index < -0.39 is 23.8 Å². The highest BCUT2D eigenvalue weighted by atomic mass is 16.7. The Hall–Kier alpha value is -4.56. The molecule has 1 saturated heterocycles. The van der Waals surface area contributed by atoms with Crippen molar-refractivity contribution in [3.8, 4) is 23.0 Å². The Balaban J connectivity index is 1.41. The molecular formula is C46H61N3O10. The van der Waals surface area contributed by atoms with E-state index in [9.17, 15) is 15.0 Å². The van der Waals surface area contributed by atoms with Crippen LogP contribution in [0.25, 0.3) is 0 Å². The van der Waals surface area contributed by atoms with Crippen LogP contribution in [0, 0.1) is 17.8 Å². The molecule has 1 saturated carbocycles. The van der Waals surface area contributed by atoms with E-state index in [4.69, 9.17) is 38.4 Å². The molecular weight excluding hydrogens is 755 g/mol. The molecule has 6 unspecified atom stereocenters. The largest absolute Gasteiger partial charge is 0.492 e. The van der Waals surface area contributed by atoms with Crippen molar-refractivity contribution in [3.63, 3.8) is 0 Å². The monoisotopic (exact) mass is 815 g/mol. The number of carbonyl (C=O) groups excluding carboxylic acids is 1. The number of carbonyl (C=O) groups is 1. The van der Waals surface area contributed by atoms with Crippen molar-refractivity contribution in [2.24, 2.45) is 22.9 Å². The van der Waals surface area contributed by atoms with Gasteiger partial charge in [-0.15, -0.1) is 13.2 Å². The summed E-state index contributed by atoms with van der Waals surface area (Å²) in [6.07, 6.45) is 10.7. The second kappa shape index (κ2) is 20.1. The number of hydrogen-bond acceptors (Lipinski definition) is 12. The Morgan fingerprint density at radius 2 is 1.80 bits per heavy atom. The molecule has 2 aliphatic carbocycles. The highest BCUT2D eigenvalue weighted by Crippen LogP contribution is 2.62. The van der Waals surface area contributed by atoms with Gasteiger partial charge in [-0.3, -0.25) is 9.80 Å². The summed E-state index contributed by atoms with van der Waals surface area (Å²) in [5.74, 6) is 0.830. The smallest absolute Gasteiger partial charge is 0.410 e. The summed E-state index contributed by atoms with van der Waals surface area (Å²) in [5.41, 5.74) is 3.51. The summed E-state index contributed by atoms with van der Waals surface area (Å²) in [7, 11) is 0. The van der Waals surface area contributed by atoms with Crippen LogP contribution in [0.4, 0.5) is 4.79 Å². The summed E-state index contributed by atoms with van der Waals surface area (Å²) < 4.78 is 38.2. The maximum Gasteiger partial charge on any atom is 0.410 e. The zero-order chi connectivity index (χ0) is 41.2. The fourth-order valence-corrected chi connectivity index (χ4v) is 9.32. The molecule has 0 aromatic heterocycles. The summed E-state index contributed by atoms with van der Waals surface area (Å²) in [5, 5.41) is 24.6. The van der Waals surface area contributed by atoms with Crippen LogP contribution < -0.4 is 18.9 Å². The van der Waals surface area contributed by atoms with Gasteiger partial charge < -0.3 is 43.5 Å². The minimum absolute atomic E-state index is 0.0881. The molecule has 59 heavy (non-hydrogen) atoms. The molecule has 7 rings (SSSR count). The van der Waals surface area contributed by atoms with Gasteiger partial charge in [0.25, 0.3) is 0 Å². The number of amides is 1. The van der Waals surface area contributed by atoms with E-state index in [0.717, 1.165) is 73.5 Å². The number of benzene rings is 2. The van der Waals surface area contributed by atoms with E-state index in [-0.39, 0.29) is 63.9 Å². The summed E-state index contributed by atoms with van der Waals surface area (Å²) in [6.45, 7) is 14.6. The number of unbranched alkanes of at least 4 members (excludes halogenated alkanes) is 2. The van der Waals surface area contributed by atoms with Gasteiger partial charge in [-0.25, -0.2) is 4.79 Å². The van der Waals surface area contributed by atoms with E-state index in [1.54, 1.807) is 17.1 Å². The van der Waals surface area contributed by atoms with Crippen LogP contribution in [-0.4, -0.2) is 110 Å². The molecule has 2 fully saturated rings. The first kappa shape index (κ1) is 42.6. The van der Waals surface area contributed by atoms with Gasteiger partial charge in [-0.1, -0.05) is 42.3 Å². The maximum atomic E-state index is 14.6. The van der Waals surface area contributed by atoms with Gasteiger partial charge in [-0.2, -0.15) is 0 Å². The highest BCUT2D eigenvalue weighted by Gasteiger charge is 2.65. The molecule has 6 atom stereocenters. The molecule has 3 heterocycles. The van der Waals surface area contributed by atoms with Gasteiger partial charge in [0.2, 0.25) is 12.6 Å². The van der Waals surface area contributed by atoms with Crippen LogP contribution in [0.1, 0.15) is 75.3 Å². The lowest BCUT2D eigenvalue weighted by atomic mass is 9.55. The predicted octanol–water partition coefficient (Wildman–Crippen LogP) is 6.98. The number of aliphatic hydroxyl groups excluding tert-OH is 2. The van der Waals surface area contributed by atoms with Crippen LogP contribution in [-0.2, 0) is 20.9 Å². The Morgan fingerprint density at radius 1 is 1.00 bits per heavy atom. The molecule has 320 valence electrons. The normalized spacial score (nSPS) is 25.6. The summed E-state index contributed by atoms with van der Waals surface area (Å²) >= 11 is 0. The van der Waals surface area contributed by atoms with E-state index in [1.807, 2.05) is 37.3 Å².